The number of amides is 1. The fraction of sp³-hybridized carbons (Fsp3) is 0.611. The van der Waals surface area contributed by atoms with Gasteiger partial charge in [0.05, 0.1) is 18.1 Å². The molecule has 1 N–H and O–H groups in total. The summed E-state index contributed by atoms with van der Waals surface area (Å²) in [6.07, 6.45) is 0.987. The van der Waals surface area contributed by atoms with E-state index < -0.39 is 10.0 Å². The Morgan fingerprint density at radius 2 is 1.76 bits per heavy atom. The zero-order valence-electron chi connectivity index (χ0n) is 15.2. The molecule has 1 aliphatic rings. The average molecular weight is 368 g/mol. The number of hydrogen-bond acceptors (Lipinski definition) is 4. The first-order chi connectivity index (χ1) is 11.8. The molecule has 1 unspecified atom stereocenters. The van der Waals surface area contributed by atoms with Gasteiger partial charge in [0.1, 0.15) is 0 Å². The van der Waals surface area contributed by atoms with Gasteiger partial charge < -0.3 is 10.1 Å². The second-order valence-electron chi connectivity index (χ2n) is 6.76. The lowest BCUT2D eigenvalue weighted by molar-refractivity contribution is -0.121. The summed E-state index contributed by atoms with van der Waals surface area (Å²) in [5.74, 6) is 0.417. The standard InChI is InChI=1S/C18H28N2O4S/c1-14(2)15(3)19-18(21)9-6-16-4-7-17(8-5-16)25(22,23)20-10-12-24-13-11-20/h4-5,7-8,14-15H,6,9-13H2,1-3H3,(H,19,21). The van der Waals surface area contributed by atoms with Crippen molar-refractivity contribution in [2.75, 3.05) is 26.3 Å². The number of nitrogens with zero attached hydrogens (tertiary/aromatic N) is 1. The molecular formula is C18H28N2O4S. The van der Waals surface area contributed by atoms with Crippen molar-refractivity contribution in [3.63, 3.8) is 0 Å². The van der Waals surface area contributed by atoms with E-state index in [1.165, 1.54) is 4.31 Å². The summed E-state index contributed by atoms with van der Waals surface area (Å²) in [6.45, 7) is 7.77. The summed E-state index contributed by atoms with van der Waals surface area (Å²) in [4.78, 5) is 12.2. The summed E-state index contributed by atoms with van der Waals surface area (Å²) < 4.78 is 31.8. The smallest absolute Gasteiger partial charge is 0.243 e. The van der Waals surface area contributed by atoms with Crippen molar-refractivity contribution in [3.05, 3.63) is 29.8 Å². The number of hydrogen-bond donors (Lipinski definition) is 1. The average Bonchev–Trinajstić information content (AvgIpc) is 2.61. The van der Waals surface area contributed by atoms with E-state index in [1.54, 1.807) is 24.3 Å². The molecule has 1 saturated heterocycles. The molecule has 0 radical (unpaired) electrons. The first kappa shape index (κ1) is 19.9. The number of rotatable bonds is 7. The van der Waals surface area contributed by atoms with Crippen LogP contribution in [0.15, 0.2) is 29.2 Å². The Labute approximate surface area is 150 Å². The zero-order chi connectivity index (χ0) is 18.4. The van der Waals surface area contributed by atoms with Crippen LogP contribution in [-0.2, 0) is 26.0 Å². The van der Waals surface area contributed by atoms with Crippen molar-refractivity contribution < 1.29 is 17.9 Å². The van der Waals surface area contributed by atoms with Crippen molar-refractivity contribution in [2.45, 2.75) is 44.6 Å². The fourth-order valence-electron chi connectivity index (χ4n) is 2.51. The van der Waals surface area contributed by atoms with Crippen LogP contribution in [0, 0.1) is 5.92 Å². The molecule has 0 bridgehead atoms. The van der Waals surface area contributed by atoms with E-state index in [2.05, 4.69) is 19.2 Å². The monoisotopic (exact) mass is 368 g/mol. The molecular weight excluding hydrogens is 340 g/mol. The first-order valence-corrected chi connectivity index (χ1v) is 10.2. The van der Waals surface area contributed by atoms with Gasteiger partial charge in [0.25, 0.3) is 0 Å². The third kappa shape index (κ3) is 5.52. The van der Waals surface area contributed by atoms with E-state index in [-0.39, 0.29) is 16.8 Å². The molecule has 6 nitrogen and oxygen atoms in total. The normalized spacial score (nSPS) is 17.4. The summed E-state index contributed by atoms with van der Waals surface area (Å²) in [5, 5.41) is 2.97. The minimum atomic E-state index is -3.46. The van der Waals surface area contributed by atoms with Gasteiger partial charge in [-0.3, -0.25) is 4.79 Å². The minimum absolute atomic E-state index is 0.0196. The van der Waals surface area contributed by atoms with Crippen LogP contribution in [0.3, 0.4) is 0 Å². The van der Waals surface area contributed by atoms with Crippen molar-refractivity contribution in [2.24, 2.45) is 5.92 Å². The largest absolute Gasteiger partial charge is 0.379 e. The molecule has 140 valence electrons. The van der Waals surface area contributed by atoms with E-state index in [1.807, 2.05) is 6.92 Å². The second kappa shape index (κ2) is 8.78. The van der Waals surface area contributed by atoms with E-state index in [9.17, 15) is 13.2 Å². The molecule has 1 atom stereocenters. The van der Waals surface area contributed by atoms with Gasteiger partial charge in [-0.05, 0) is 37.0 Å². The minimum Gasteiger partial charge on any atom is -0.379 e. The highest BCUT2D eigenvalue weighted by atomic mass is 32.2. The van der Waals surface area contributed by atoms with Gasteiger partial charge in [0.15, 0.2) is 0 Å². The Balaban J connectivity index is 1.92. The SMILES string of the molecule is CC(C)C(C)NC(=O)CCc1ccc(S(=O)(=O)N2CCOCC2)cc1. The van der Waals surface area contributed by atoms with E-state index >= 15 is 0 Å². The van der Waals surface area contributed by atoms with E-state index in [0.29, 0.717) is 45.1 Å². The predicted octanol–water partition coefficient (Wildman–Crippen LogP) is 1.80. The first-order valence-electron chi connectivity index (χ1n) is 8.77. The van der Waals surface area contributed by atoms with Gasteiger partial charge >= 0.3 is 0 Å². The van der Waals surface area contributed by atoms with Crippen LogP contribution < -0.4 is 5.32 Å². The number of nitrogens with one attached hydrogen (secondary N) is 1. The summed E-state index contributed by atoms with van der Waals surface area (Å²) in [5.41, 5.74) is 0.952. The predicted molar refractivity (Wildman–Crippen MR) is 96.8 cm³/mol. The molecule has 1 amide bonds. The highest BCUT2D eigenvalue weighted by Crippen LogP contribution is 2.18. The molecule has 2 rings (SSSR count). The van der Waals surface area contributed by atoms with Gasteiger partial charge in [0, 0.05) is 25.6 Å². The third-order valence-electron chi connectivity index (χ3n) is 4.56. The molecule has 1 aromatic rings. The number of morpholine rings is 1. The lowest BCUT2D eigenvalue weighted by Crippen LogP contribution is -2.40. The van der Waals surface area contributed by atoms with Gasteiger partial charge in [-0.2, -0.15) is 4.31 Å². The Kier molecular flexibility index (Phi) is 6.98. The van der Waals surface area contributed by atoms with Crippen molar-refractivity contribution in [1.82, 2.24) is 9.62 Å². The maximum atomic E-state index is 12.6. The summed E-state index contributed by atoms with van der Waals surface area (Å²) in [7, 11) is -3.46. The van der Waals surface area contributed by atoms with Gasteiger partial charge in [0.2, 0.25) is 15.9 Å². The zero-order valence-corrected chi connectivity index (χ0v) is 16.0. The molecule has 1 aromatic carbocycles. The molecule has 0 saturated carbocycles. The fourth-order valence-corrected chi connectivity index (χ4v) is 3.92. The van der Waals surface area contributed by atoms with Crippen LogP contribution in [0.5, 0.6) is 0 Å². The third-order valence-corrected chi connectivity index (χ3v) is 6.47. The molecule has 0 aliphatic carbocycles. The molecule has 1 fully saturated rings. The molecule has 1 heterocycles. The Hall–Kier alpha value is -1.44. The summed E-state index contributed by atoms with van der Waals surface area (Å²) in [6, 6.07) is 6.95. The number of benzene rings is 1. The van der Waals surface area contributed by atoms with Gasteiger partial charge in [-0.15, -0.1) is 0 Å². The van der Waals surface area contributed by atoms with E-state index in [4.69, 9.17) is 4.74 Å². The number of sulfonamides is 1. The Morgan fingerprint density at radius 3 is 2.32 bits per heavy atom. The van der Waals surface area contributed by atoms with Crippen LogP contribution >= 0.6 is 0 Å². The molecule has 0 aromatic heterocycles. The van der Waals surface area contributed by atoms with Gasteiger partial charge in [-0.1, -0.05) is 26.0 Å². The van der Waals surface area contributed by atoms with Gasteiger partial charge in [-0.25, -0.2) is 8.42 Å². The van der Waals surface area contributed by atoms with Crippen LogP contribution in [0.4, 0.5) is 0 Å². The highest BCUT2D eigenvalue weighted by molar-refractivity contribution is 7.89. The van der Waals surface area contributed by atoms with E-state index in [0.717, 1.165) is 5.56 Å². The molecule has 7 heteroatoms. The number of carbonyl (C=O) groups excluding carboxylic acids is 1. The Bertz CT molecular complexity index is 665. The highest BCUT2D eigenvalue weighted by Gasteiger charge is 2.26. The Morgan fingerprint density at radius 1 is 1.16 bits per heavy atom. The lowest BCUT2D eigenvalue weighted by atomic mass is 10.1. The van der Waals surface area contributed by atoms with Crippen molar-refractivity contribution in [1.29, 1.82) is 0 Å². The number of ether oxygens (including phenoxy) is 1. The van der Waals surface area contributed by atoms with Crippen molar-refractivity contribution in [3.8, 4) is 0 Å². The quantitative estimate of drug-likeness (QED) is 0.796. The number of aryl methyl sites for hydroxylation is 1. The second-order valence-corrected chi connectivity index (χ2v) is 8.70. The van der Waals surface area contributed by atoms with Crippen LogP contribution in [0.2, 0.25) is 0 Å². The van der Waals surface area contributed by atoms with Crippen LogP contribution in [0.1, 0.15) is 32.8 Å². The van der Waals surface area contributed by atoms with Crippen molar-refractivity contribution >= 4 is 15.9 Å². The molecule has 0 spiro atoms. The molecule has 25 heavy (non-hydrogen) atoms. The summed E-state index contributed by atoms with van der Waals surface area (Å²) >= 11 is 0. The lowest BCUT2D eigenvalue weighted by Gasteiger charge is -2.26. The maximum Gasteiger partial charge on any atom is 0.243 e. The number of carbonyl (C=O) groups is 1. The van der Waals surface area contributed by atoms with Crippen LogP contribution in [-0.4, -0.2) is 51.0 Å². The van der Waals surface area contributed by atoms with Crippen LogP contribution in [0.25, 0.3) is 0 Å². The topological polar surface area (TPSA) is 75.7 Å². The molecule has 1 aliphatic heterocycles. The maximum absolute atomic E-state index is 12.6.